The minimum atomic E-state index is -5.32. The molecule has 0 aromatic carbocycles. The van der Waals surface area contributed by atoms with Gasteiger partial charge in [0.05, 0.1) is 0 Å². The van der Waals surface area contributed by atoms with Crippen LogP contribution in [0, 0.1) is 0 Å². The van der Waals surface area contributed by atoms with E-state index in [1.165, 1.54) is 0 Å². The van der Waals surface area contributed by atoms with Crippen molar-refractivity contribution in [2.75, 3.05) is 0 Å². The van der Waals surface area contributed by atoms with E-state index in [0.29, 0.717) is 6.20 Å². The topological polar surface area (TPSA) is 82.3 Å². The average Bonchev–Trinajstić information content (AvgIpc) is 2.24. The molecule has 20 heavy (non-hydrogen) atoms. The second-order valence-corrected chi connectivity index (χ2v) is 5.82. The molecular weight excluding hydrogens is 335 g/mol. The Morgan fingerprint density at radius 3 is 2.30 bits per heavy atom. The van der Waals surface area contributed by atoms with E-state index >= 15 is 0 Å². The molecular formula is C8H6ClF5N2O3S. The van der Waals surface area contributed by atoms with Crippen LogP contribution in [0.3, 0.4) is 0 Å². The Balaban J connectivity index is 3.70. The third-order valence-electron chi connectivity index (χ3n) is 1.98. The van der Waals surface area contributed by atoms with Crippen molar-refractivity contribution in [2.45, 2.75) is 24.2 Å². The molecule has 0 aliphatic heterocycles. The molecule has 0 aliphatic rings. The third-order valence-corrected chi connectivity index (χ3v) is 3.32. The van der Waals surface area contributed by atoms with Gasteiger partial charge in [0.15, 0.2) is 10.6 Å². The molecule has 0 fully saturated rings. The van der Waals surface area contributed by atoms with Crippen LogP contribution in [0.25, 0.3) is 0 Å². The first-order chi connectivity index (χ1) is 8.97. The number of hydrogen-bond acceptors (Lipinski definition) is 5. The molecule has 0 amide bonds. The van der Waals surface area contributed by atoms with Crippen molar-refractivity contribution < 1.29 is 35.1 Å². The van der Waals surface area contributed by atoms with Gasteiger partial charge in [-0.05, 0) is 0 Å². The van der Waals surface area contributed by atoms with Crippen LogP contribution in [0.15, 0.2) is 11.1 Å². The zero-order valence-corrected chi connectivity index (χ0v) is 10.9. The van der Waals surface area contributed by atoms with Gasteiger partial charge in [-0.15, -0.1) is 13.2 Å². The molecule has 1 rings (SSSR count). The number of hydrogen-bond donors (Lipinski definition) is 1. The standard InChI is InChI=1S/C8H6ClF5N2O3S/c9-20(17,18)6-4(7(10)11)16-2-3(1-15)5(6)19-8(12,13)14/h2,7H,1,15H2. The summed E-state index contributed by atoms with van der Waals surface area (Å²) in [6, 6.07) is 0. The minimum absolute atomic E-state index is 0.536. The largest absolute Gasteiger partial charge is 0.573 e. The van der Waals surface area contributed by atoms with Crippen LogP contribution in [0.4, 0.5) is 22.0 Å². The molecule has 1 aromatic heterocycles. The van der Waals surface area contributed by atoms with Crippen LogP contribution in [0.1, 0.15) is 17.7 Å². The number of alkyl halides is 5. The van der Waals surface area contributed by atoms with Gasteiger partial charge >= 0.3 is 6.36 Å². The quantitative estimate of drug-likeness (QED) is 0.672. The molecule has 1 aromatic rings. The summed E-state index contributed by atoms with van der Waals surface area (Å²) in [4.78, 5) is 1.52. The zero-order chi connectivity index (χ0) is 15.7. The van der Waals surface area contributed by atoms with Crippen LogP contribution in [-0.4, -0.2) is 19.8 Å². The third kappa shape index (κ3) is 3.90. The van der Waals surface area contributed by atoms with Crippen LogP contribution in [-0.2, 0) is 15.6 Å². The molecule has 0 unspecified atom stereocenters. The van der Waals surface area contributed by atoms with Crippen LogP contribution in [0.5, 0.6) is 5.75 Å². The summed E-state index contributed by atoms with van der Waals surface area (Å²) >= 11 is 0. The average molecular weight is 341 g/mol. The number of pyridine rings is 1. The Morgan fingerprint density at radius 1 is 1.40 bits per heavy atom. The van der Waals surface area contributed by atoms with Crippen molar-refractivity contribution in [3.05, 3.63) is 17.5 Å². The SMILES string of the molecule is NCc1cnc(C(F)F)c(S(=O)(=O)Cl)c1OC(F)(F)F. The Kier molecular flexibility index (Phi) is 4.77. The van der Waals surface area contributed by atoms with E-state index in [1.807, 2.05) is 0 Å². The van der Waals surface area contributed by atoms with Gasteiger partial charge in [-0.2, -0.15) is 0 Å². The predicted octanol–water partition coefficient (Wildman–Crippen LogP) is 2.30. The second-order valence-electron chi connectivity index (χ2n) is 3.32. The van der Waals surface area contributed by atoms with Crippen molar-refractivity contribution >= 4 is 19.7 Å². The summed E-state index contributed by atoms with van der Waals surface area (Å²) in [7, 11) is -0.0835. The van der Waals surface area contributed by atoms with Gasteiger partial charge in [-0.1, -0.05) is 0 Å². The maximum Gasteiger partial charge on any atom is 0.573 e. The van der Waals surface area contributed by atoms with Gasteiger partial charge in [0.25, 0.3) is 15.5 Å². The molecule has 12 heteroatoms. The summed E-state index contributed by atoms with van der Waals surface area (Å²) in [5, 5.41) is 0. The predicted molar refractivity (Wildman–Crippen MR) is 56.8 cm³/mol. The highest BCUT2D eigenvalue weighted by Crippen LogP contribution is 2.39. The summed E-state index contributed by atoms with van der Waals surface area (Å²) in [5.41, 5.74) is 3.11. The van der Waals surface area contributed by atoms with E-state index in [4.69, 9.17) is 16.4 Å². The molecule has 0 aliphatic carbocycles. The molecule has 2 N–H and O–H groups in total. The Morgan fingerprint density at radius 2 is 1.95 bits per heavy atom. The van der Waals surface area contributed by atoms with Crippen molar-refractivity contribution in [3.8, 4) is 5.75 Å². The lowest BCUT2D eigenvalue weighted by Gasteiger charge is -2.16. The molecule has 0 atom stereocenters. The Labute approximate surface area is 113 Å². The van der Waals surface area contributed by atoms with Gasteiger partial charge in [-0.3, -0.25) is 4.98 Å². The van der Waals surface area contributed by atoms with Crippen LogP contribution in [0.2, 0.25) is 0 Å². The van der Waals surface area contributed by atoms with Gasteiger partial charge in [0.2, 0.25) is 0 Å². The lowest BCUT2D eigenvalue weighted by atomic mass is 10.2. The molecule has 0 saturated carbocycles. The Hall–Kier alpha value is -1.20. The maximum atomic E-state index is 12.7. The molecule has 0 radical (unpaired) electrons. The smallest absolute Gasteiger partial charge is 0.404 e. The fourth-order valence-electron chi connectivity index (χ4n) is 1.29. The van der Waals surface area contributed by atoms with E-state index in [-0.39, 0.29) is 0 Å². The number of halogens is 6. The second kappa shape index (κ2) is 5.66. The first kappa shape index (κ1) is 16.9. The number of ether oxygens (including phenoxy) is 1. The number of nitrogens with two attached hydrogens (primary N) is 1. The summed E-state index contributed by atoms with van der Waals surface area (Å²) in [6.45, 7) is -0.624. The fourth-order valence-corrected chi connectivity index (χ4v) is 2.52. The first-order valence-corrected chi connectivity index (χ1v) is 6.98. The van der Waals surface area contributed by atoms with E-state index in [0.717, 1.165) is 0 Å². The van der Waals surface area contributed by atoms with Gasteiger partial charge in [-0.25, -0.2) is 17.2 Å². The number of rotatable bonds is 4. The normalized spacial score (nSPS) is 12.8. The number of aromatic nitrogens is 1. The lowest BCUT2D eigenvalue weighted by molar-refractivity contribution is -0.276. The number of nitrogens with zero attached hydrogens (tertiary/aromatic N) is 1. The summed E-state index contributed by atoms with van der Waals surface area (Å²) in [5.74, 6) is -1.40. The maximum absolute atomic E-state index is 12.7. The van der Waals surface area contributed by atoms with E-state index in [9.17, 15) is 30.4 Å². The molecule has 0 saturated heterocycles. The molecule has 0 bridgehead atoms. The molecule has 0 spiro atoms. The van der Waals surface area contributed by atoms with Crippen molar-refractivity contribution in [3.63, 3.8) is 0 Å². The highest BCUT2D eigenvalue weighted by Gasteiger charge is 2.38. The summed E-state index contributed by atoms with van der Waals surface area (Å²) in [6.07, 6.45) is -8.23. The van der Waals surface area contributed by atoms with Crippen LogP contribution < -0.4 is 10.5 Å². The van der Waals surface area contributed by atoms with Gasteiger partial charge in [0, 0.05) is 29.0 Å². The molecule has 5 nitrogen and oxygen atoms in total. The molecule has 114 valence electrons. The van der Waals surface area contributed by atoms with Crippen molar-refractivity contribution in [2.24, 2.45) is 5.73 Å². The highest BCUT2D eigenvalue weighted by atomic mass is 35.7. The van der Waals surface area contributed by atoms with E-state index < -0.39 is 50.3 Å². The Bertz CT molecular complexity index is 605. The zero-order valence-electron chi connectivity index (χ0n) is 9.29. The lowest BCUT2D eigenvalue weighted by Crippen LogP contribution is -2.21. The monoisotopic (exact) mass is 340 g/mol. The van der Waals surface area contributed by atoms with Gasteiger partial charge < -0.3 is 10.5 Å². The van der Waals surface area contributed by atoms with E-state index in [2.05, 4.69) is 9.72 Å². The molecule has 1 heterocycles. The highest BCUT2D eigenvalue weighted by molar-refractivity contribution is 8.13. The van der Waals surface area contributed by atoms with Gasteiger partial charge in [0.1, 0.15) is 5.69 Å². The van der Waals surface area contributed by atoms with Crippen molar-refractivity contribution in [1.29, 1.82) is 0 Å². The summed E-state index contributed by atoms with van der Waals surface area (Å²) < 4.78 is 88.0. The van der Waals surface area contributed by atoms with Crippen LogP contribution >= 0.6 is 10.7 Å². The fraction of sp³-hybridized carbons (Fsp3) is 0.375. The van der Waals surface area contributed by atoms with Crippen molar-refractivity contribution in [1.82, 2.24) is 4.98 Å². The first-order valence-electron chi connectivity index (χ1n) is 4.67. The van der Waals surface area contributed by atoms with E-state index in [1.54, 1.807) is 0 Å². The minimum Gasteiger partial charge on any atom is -0.404 e.